The average molecular weight is 405 g/mol. The molecule has 0 aliphatic heterocycles. The van der Waals surface area contributed by atoms with E-state index in [1.165, 1.54) is 0 Å². The third kappa shape index (κ3) is 8.67. The number of halogens is 1. The molecule has 7 heteroatoms. The lowest BCUT2D eigenvalue weighted by Crippen LogP contribution is -2.42. The van der Waals surface area contributed by atoms with Crippen molar-refractivity contribution in [1.82, 2.24) is 10.6 Å². The summed E-state index contributed by atoms with van der Waals surface area (Å²) in [4.78, 5) is 4.04. The standard InChI is InChI=1S/C12H27N3O2S.HI/c1-6-7-8-14-11(13-5)15-9-10-18(16,17)12(2,3)4;/h6-10H2,1-5H3,(H2,13,14,15);1H. The molecule has 0 aromatic rings. The summed E-state index contributed by atoms with van der Waals surface area (Å²) in [5.74, 6) is 0.776. The molecular weight excluding hydrogens is 377 g/mol. The number of hydrogen-bond acceptors (Lipinski definition) is 3. The Morgan fingerprint density at radius 1 is 1.16 bits per heavy atom. The molecule has 116 valence electrons. The Hall–Kier alpha value is -0.0500. The molecule has 19 heavy (non-hydrogen) atoms. The van der Waals surface area contributed by atoms with Crippen molar-refractivity contribution in [2.45, 2.75) is 45.3 Å². The van der Waals surface area contributed by atoms with Crippen molar-refractivity contribution in [2.75, 3.05) is 25.9 Å². The average Bonchev–Trinajstić information content (AvgIpc) is 2.25. The summed E-state index contributed by atoms with van der Waals surface area (Å²) in [6.07, 6.45) is 2.18. The van der Waals surface area contributed by atoms with Gasteiger partial charge in [0.15, 0.2) is 15.8 Å². The van der Waals surface area contributed by atoms with E-state index in [1.807, 2.05) is 0 Å². The fraction of sp³-hybridized carbons (Fsp3) is 0.917. The number of rotatable bonds is 6. The zero-order chi connectivity index (χ0) is 14.2. The number of guanidine groups is 1. The molecule has 0 atom stereocenters. The Morgan fingerprint density at radius 3 is 2.11 bits per heavy atom. The first-order valence-corrected chi connectivity index (χ1v) is 8.06. The molecule has 0 amide bonds. The summed E-state index contributed by atoms with van der Waals surface area (Å²) in [6.45, 7) is 8.51. The number of unbranched alkanes of at least 4 members (excludes halogenated alkanes) is 1. The summed E-state index contributed by atoms with van der Waals surface area (Å²) in [6, 6.07) is 0. The van der Waals surface area contributed by atoms with Crippen molar-refractivity contribution in [2.24, 2.45) is 4.99 Å². The number of hydrogen-bond donors (Lipinski definition) is 2. The van der Waals surface area contributed by atoms with E-state index in [1.54, 1.807) is 27.8 Å². The minimum Gasteiger partial charge on any atom is -0.356 e. The van der Waals surface area contributed by atoms with Gasteiger partial charge in [0.1, 0.15) is 0 Å². The van der Waals surface area contributed by atoms with Crippen molar-refractivity contribution >= 4 is 39.8 Å². The molecule has 0 heterocycles. The van der Waals surface area contributed by atoms with Crippen LogP contribution in [0.25, 0.3) is 0 Å². The van der Waals surface area contributed by atoms with Gasteiger partial charge in [-0.05, 0) is 27.2 Å². The van der Waals surface area contributed by atoms with Gasteiger partial charge < -0.3 is 10.6 Å². The molecule has 0 bridgehead atoms. The summed E-state index contributed by atoms with van der Waals surface area (Å²) < 4.78 is 23.1. The van der Waals surface area contributed by atoms with Crippen molar-refractivity contribution < 1.29 is 8.42 Å². The second-order valence-electron chi connectivity index (χ2n) is 5.21. The van der Waals surface area contributed by atoms with Crippen molar-refractivity contribution in [1.29, 1.82) is 0 Å². The topological polar surface area (TPSA) is 70.6 Å². The Morgan fingerprint density at radius 2 is 1.68 bits per heavy atom. The van der Waals surface area contributed by atoms with Crippen LogP contribution in [0.2, 0.25) is 0 Å². The highest BCUT2D eigenvalue weighted by Crippen LogP contribution is 2.15. The van der Waals surface area contributed by atoms with Gasteiger partial charge in [-0.2, -0.15) is 0 Å². The van der Waals surface area contributed by atoms with E-state index in [2.05, 4.69) is 22.5 Å². The van der Waals surface area contributed by atoms with E-state index in [0.717, 1.165) is 19.4 Å². The van der Waals surface area contributed by atoms with Gasteiger partial charge in [-0.15, -0.1) is 24.0 Å². The largest absolute Gasteiger partial charge is 0.356 e. The molecule has 0 unspecified atom stereocenters. The first-order valence-electron chi connectivity index (χ1n) is 6.41. The molecule has 0 spiro atoms. The molecule has 0 aliphatic rings. The van der Waals surface area contributed by atoms with Crippen LogP contribution >= 0.6 is 24.0 Å². The lowest BCUT2D eigenvalue weighted by Gasteiger charge is -2.19. The third-order valence-corrected chi connectivity index (χ3v) is 5.25. The highest BCUT2D eigenvalue weighted by molar-refractivity contribution is 14.0. The van der Waals surface area contributed by atoms with Crippen LogP contribution in [-0.4, -0.2) is 45.0 Å². The molecule has 0 radical (unpaired) electrons. The van der Waals surface area contributed by atoms with Crippen LogP contribution in [0.1, 0.15) is 40.5 Å². The monoisotopic (exact) mass is 405 g/mol. The predicted molar refractivity (Wildman–Crippen MR) is 93.2 cm³/mol. The van der Waals surface area contributed by atoms with Crippen molar-refractivity contribution in [3.8, 4) is 0 Å². The minimum atomic E-state index is -3.07. The van der Waals surface area contributed by atoms with Gasteiger partial charge in [-0.1, -0.05) is 13.3 Å². The molecule has 5 nitrogen and oxygen atoms in total. The van der Waals surface area contributed by atoms with E-state index < -0.39 is 14.6 Å². The summed E-state index contributed by atoms with van der Waals surface area (Å²) in [5, 5.41) is 6.16. The Kier molecular flexibility index (Phi) is 11.0. The molecule has 0 saturated heterocycles. The highest BCUT2D eigenvalue weighted by atomic mass is 127. The van der Waals surface area contributed by atoms with Crippen LogP contribution in [0.3, 0.4) is 0 Å². The van der Waals surface area contributed by atoms with Crippen LogP contribution in [-0.2, 0) is 9.84 Å². The van der Waals surface area contributed by atoms with Gasteiger partial charge in [0.2, 0.25) is 0 Å². The maximum absolute atomic E-state index is 11.9. The third-order valence-electron chi connectivity index (χ3n) is 2.64. The van der Waals surface area contributed by atoms with Gasteiger partial charge in [-0.3, -0.25) is 4.99 Å². The molecule has 0 aromatic heterocycles. The number of sulfone groups is 1. The molecule has 0 aliphatic carbocycles. The van der Waals surface area contributed by atoms with Gasteiger partial charge in [0.25, 0.3) is 0 Å². The van der Waals surface area contributed by atoms with Crippen LogP contribution in [0, 0.1) is 0 Å². The van der Waals surface area contributed by atoms with Crippen LogP contribution in [0.4, 0.5) is 0 Å². The van der Waals surface area contributed by atoms with E-state index in [4.69, 9.17) is 0 Å². The first-order chi connectivity index (χ1) is 8.24. The number of nitrogens with zero attached hydrogens (tertiary/aromatic N) is 1. The van der Waals surface area contributed by atoms with Gasteiger partial charge in [0.05, 0.1) is 10.5 Å². The molecular formula is C12H28IN3O2S. The zero-order valence-electron chi connectivity index (χ0n) is 12.6. The normalized spacial score (nSPS) is 12.8. The Bertz CT molecular complexity index is 362. The smallest absolute Gasteiger partial charge is 0.191 e. The molecule has 0 rings (SSSR count). The predicted octanol–water partition coefficient (Wildman–Crippen LogP) is 1.78. The summed E-state index contributed by atoms with van der Waals surface area (Å²) in [7, 11) is -1.39. The maximum Gasteiger partial charge on any atom is 0.191 e. The Balaban J connectivity index is 0. The van der Waals surface area contributed by atoms with Crippen LogP contribution < -0.4 is 10.6 Å². The lowest BCUT2D eigenvalue weighted by molar-refractivity contribution is 0.559. The quantitative estimate of drug-likeness (QED) is 0.306. The fourth-order valence-electron chi connectivity index (χ4n) is 1.21. The van der Waals surface area contributed by atoms with Gasteiger partial charge >= 0.3 is 0 Å². The van der Waals surface area contributed by atoms with Crippen LogP contribution in [0.15, 0.2) is 4.99 Å². The second kappa shape index (κ2) is 9.79. The molecule has 0 fully saturated rings. The number of aliphatic imine (C=N–C) groups is 1. The van der Waals surface area contributed by atoms with E-state index >= 15 is 0 Å². The second-order valence-corrected chi connectivity index (χ2v) is 8.07. The lowest BCUT2D eigenvalue weighted by atomic mass is 10.3. The maximum atomic E-state index is 11.9. The Labute approximate surface area is 135 Å². The first kappa shape index (κ1) is 21.3. The molecule has 2 N–H and O–H groups in total. The van der Waals surface area contributed by atoms with E-state index in [0.29, 0.717) is 12.5 Å². The highest BCUT2D eigenvalue weighted by Gasteiger charge is 2.28. The van der Waals surface area contributed by atoms with Crippen molar-refractivity contribution in [3.63, 3.8) is 0 Å². The summed E-state index contributed by atoms with van der Waals surface area (Å²) in [5.41, 5.74) is 0. The zero-order valence-corrected chi connectivity index (χ0v) is 15.8. The van der Waals surface area contributed by atoms with E-state index in [9.17, 15) is 8.42 Å². The minimum absolute atomic E-state index is 0. The van der Waals surface area contributed by atoms with Gasteiger partial charge in [0, 0.05) is 20.1 Å². The van der Waals surface area contributed by atoms with Crippen LogP contribution in [0.5, 0.6) is 0 Å². The molecule has 0 aromatic carbocycles. The van der Waals surface area contributed by atoms with Gasteiger partial charge in [-0.25, -0.2) is 8.42 Å². The SMILES string of the molecule is CCCCNC(=NC)NCCS(=O)(=O)C(C)(C)C.I. The number of nitrogens with one attached hydrogen (secondary N) is 2. The van der Waals surface area contributed by atoms with E-state index in [-0.39, 0.29) is 29.7 Å². The molecule has 0 saturated carbocycles. The summed E-state index contributed by atoms with van der Waals surface area (Å²) >= 11 is 0. The van der Waals surface area contributed by atoms with Crippen molar-refractivity contribution in [3.05, 3.63) is 0 Å². The fourth-order valence-corrected chi connectivity index (χ4v) is 2.20.